The fraction of sp³-hybridized carbons (Fsp3) is 0.333. The maximum atomic E-state index is 12.8. The van der Waals surface area contributed by atoms with Crippen molar-refractivity contribution in [2.75, 3.05) is 6.61 Å². The van der Waals surface area contributed by atoms with Crippen molar-refractivity contribution in [1.29, 1.82) is 0 Å². The minimum absolute atomic E-state index is 0.0389. The van der Waals surface area contributed by atoms with Gasteiger partial charge < -0.3 is 10.2 Å². The minimum Gasteiger partial charge on any atom is -0.484 e. The van der Waals surface area contributed by atoms with E-state index in [0.29, 0.717) is 16.3 Å². The van der Waals surface area contributed by atoms with Crippen LogP contribution >= 0.6 is 11.6 Å². The van der Waals surface area contributed by atoms with Crippen LogP contribution in [-0.4, -0.2) is 30.4 Å². The summed E-state index contributed by atoms with van der Waals surface area (Å²) in [7, 11) is 0. The van der Waals surface area contributed by atoms with Crippen molar-refractivity contribution in [1.82, 2.24) is 10.9 Å². The molecule has 1 aromatic carbocycles. The molecule has 0 saturated heterocycles. The second kappa shape index (κ2) is 8.35. The van der Waals surface area contributed by atoms with Crippen molar-refractivity contribution < 1.29 is 36.3 Å². The van der Waals surface area contributed by atoms with Gasteiger partial charge in [0.1, 0.15) is 5.75 Å². The summed E-state index contributed by atoms with van der Waals surface area (Å²) in [5.41, 5.74) is 4.31. The van der Waals surface area contributed by atoms with E-state index in [-0.39, 0.29) is 6.08 Å². The average molecular weight is 401 g/mol. The molecule has 0 saturated carbocycles. The Labute approximate surface area is 150 Å². The number of hydrogen-bond donors (Lipinski definition) is 2. The highest BCUT2D eigenvalue weighted by Gasteiger charge is 2.62. The Kier molecular flexibility index (Phi) is 6.96. The van der Waals surface area contributed by atoms with E-state index in [4.69, 9.17) is 16.3 Å². The van der Waals surface area contributed by atoms with Gasteiger partial charge in [-0.2, -0.15) is 22.0 Å². The molecule has 26 heavy (non-hydrogen) atoms. The molecule has 0 radical (unpaired) electrons. The molecule has 1 amide bonds. The Morgan fingerprint density at radius 2 is 1.81 bits per heavy atom. The molecule has 1 aromatic rings. The number of amides is 1. The van der Waals surface area contributed by atoms with Gasteiger partial charge in [0.05, 0.1) is 0 Å². The minimum atomic E-state index is -6.01. The van der Waals surface area contributed by atoms with Crippen molar-refractivity contribution in [3.05, 3.63) is 40.6 Å². The normalized spacial score (nSPS) is 12.5. The molecule has 0 spiro atoms. The summed E-state index contributed by atoms with van der Waals surface area (Å²) in [4.78, 5) is 22.6. The Balaban J connectivity index is 2.53. The van der Waals surface area contributed by atoms with Gasteiger partial charge in [0, 0.05) is 16.8 Å². The third-order valence-electron chi connectivity index (χ3n) is 2.91. The first-order chi connectivity index (χ1) is 11.8. The van der Waals surface area contributed by atoms with Gasteiger partial charge in [0.15, 0.2) is 6.61 Å². The third kappa shape index (κ3) is 5.87. The Hall–Kier alpha value is -2.36. The molecule has 0 atom stereocenters. The molecule has 5 nitrogen and oxygen atoms in total. The summed E-state index contributed by atoms with van der Waals surface area (Å²) < 4.78 is 66.9. The topological polar surface area (TPSA) is 67.4 Å². The van der Waals surface area contributed by atoms with Gasteiger partial charge in [0.25, 0.3) is 5.91 Å². The number of ketones is 1. The predicted molar refractivity (Wildman–Crippen MR) is 82.7 cm³/mol. The van der Waals surface area contributed by atoms with Gasteiger partial charge in [-0.3, -0.25) is 15.0 Å². The molecule has 1 rings (SSSR count). The lowest BCUT2D eigenvalue weighted by atomic mass is 10.2. The number of allylic oxidation sites excluding steroid dienone is 2. The quantitative estimate of drug-likeness (QED) is 0.418. The first-order valence-electron chi connectivity index (χ1n) is 6.95. The number of nitrogens with one attached hydrogen (secondary N) is 2. The number of aryl methyl sites for hydroxylation is 1. The number of rotatable bonds is 7. The van der Waals surface area contributed by atoms with E-state index >= 15 is 0 Å². The molecular formula is C15H14ClF5N2O3. The fourth-order valence-corrected chi connectivity index (χ4v) is 1.64. The molecule has 0 fully saturated rings. The lowest BCUT2D eigenvalue weighted by Gasteiger charge is -2.17. The maximum Gasteiger partial charge on any atom is 0.461 e. The number of hydrazine groups is 1. The van der Waals surface area contributed by atoms with Gasteiger partial charge in [0.2, 0.25) is 5.78 Å². The summed E-state index contributed by atoms with van der Waals surface area (Å²) in [5.74, 6) is -8.40. The van der Waals surface area contributed by atoms with Crippen LogP contribution in [0.5, 0.6) is 5.75 Å². The second-order valence-electron chi connectivity index (χ2n) is 5.14. The van der Waals surface area contributed by atoms with Gasteiger partial charge in [-0.15, -0.1) is 0 Å². The van der Waals surface area contributed by atoms with Crippen molar-refractivity contribution in [3.8, 4) is 5.75 Å². The van der Waals surface area contributed by atoms with Crippen LogP contribution in [0.3, 0.4) is 0 Å². The fourth-order valence-electron chi connectivity index (χ4n) is 1.52. The largest absolute Gasteiger partial charge is 0.484 e. The van der Waals surface area contributed by atoms with Crippen LogP contribution in [0.25, 0.3) is 0 Å². The highest BCUT2D eigenvalue weighted by molar-refractivity contribution is 6.31. The van der Waals surface area contributed by atoms with E-state index in [2.05, 4.69) is 0 Å². The van der Waals surface area contributed by atoms with Crippen LogP contribution in [0, 0.1) is 6.92 Å². The molecule has 0 aromatic heterocycles. The lowest BCUT2D eigenvalue weighted by Crippen LogP contribution is -2.44. The molecular weight excluding hydrogens is 387 g/mol. The van der Waals surface area contributed by atoms with Crippen molar-refractivity contribution in [3.63, 3.8) is 0 Å². The van der Waals surface area contributed by atoms with Gasteiger partial charge >= 0.3 is 12.1 Å². The number of benzene rings is 1. The SMILES string of the molecule is C/C(=C\C(=O)C(F)(F)C(F)(F)F)NNC(=O)COc1ccc(Cl)c(C)c1. The zero-order valence-corrected chi connectivity index (χ0v) is 14.3. The van der Waals surface area contributed by atoms with Crippen LogP contribution in [-0.2, 0) is 9.59 Å². The van der Waals surface area contributed by atoms with Gasteiger partial charge in [-0.25, -0.2) is 0 Å². The molecule has 0 aliphatic carbocycles. The van der Waals surface area contributed by atoms with Crippen LogP contribution in [0.4, 0.5) is 22.0 Å². The van der Waals surface area contributed by atoms with Gasteiger partial charge in [-0.1, -0.05) is 11.6 Å². The average Bonchev–Trinajstić information content (AvgIpc) is 2.52. The monoisotopic (exact) mass is 400 g/mol. The Morgan fingerprint density at radius 3 is 2.35 bits per heavy atom. The molecule has 0 aliphatic rings. The number of alkyl halides is 5. The van der Waals surface area contributed by atoms with E-state index in [1.165, 1.54) is 6.07 Å². The predicted octanol–water partition coefficient (Wildman–Crippen LogP) is 3.32. The Morgan fingerprint density at radius 1 is 1.19 bits per heavy atom. The molecule has 144 valence electrons. The van der Waals surface area contributed by atoms with E-state index in [1.807, 2.05) is 10.9 Å². The number of hydrogen-bond acceptors (Lipinski definition) is 4. The summed E-state index contributed by atoms with van der Waals surface area (Å²) in [6.45, 7) is 2.26. The third-order valence-corrected chi connectivity index (χ3v) is 3.34. The number of carbonyl (C=O) groups excluding carboxylic acids is 2. The number of carbonyl (C=O) groups is 2. The lowest BCUT2D eigenvalue weighted by molar-refractivity contribution is -0.266. The van der Waals surface area contributed by atoms with Crippen molar-refractivity contribution in [2.24, 2.45) is 0 Å². The van der Waals surface area contributed by atoms with Crippen LogP contribution < -0.4 is 15.6 Å². The van der Waals surface area contributed by atoms with Crippen LogP contribution in [0.2, 0.25) is 5.02 Å². The molecule has 0 bridgehead atoms. The zero-order valence-electron chi connectivity index (χ0n) is 13.5. The van der Waals surface area contributed by atoms with E-state index in [0.717, 1.165) is 6.92 Å². The second-order valence-corrected chi connectivity index (χ2v) is 5.54. The smallest absolute Gasteiger partial charge is 0.461 e. The standard InChI is InChI=1S/C15H14ClF5N2O3/c1-8-5-10(3-4-11(8)16)26-7-13(25)23-22-9(2)6-12(24)14(17,18)15(19,20)21/h3-6,22H,7H2,1-2H3,(H,23,25)/b9-6+. The first-order valence-corrected chi connectivity index (χ1v) is 7.33. The summed E-state index contributed by atoms with van der Waals surface area (Å²) in [6, 6.07) is 4.65. The molecule has 0 unspecified atom stereocenters. The highest BCUT2D eigenvalue weighted by Crippen LogP contribution is 2.36. The molecule has 2 N–H and O–H groups in total. The first kappa shape index (κ1) is 21.7. The Bertz CT molecular complexity index is 720. The van der Waals surface area contributed by atoms with E-state index in [9.17, 15) is 31.5 Å². The summed E-state index contributed by atoms with van der Waals surface area (Å²) >= 11 is 5.83. The number of halogens is 6. The van der Waals surface area contributed by atoms with Crippen molar-refractivity contribution >= 4 is 23.3 Å². The van der Waals surface area contributed by atoms with Crippen LogP contribution in [0.15, 0.2) is 30.0 Å². The van der Waals surface area contributed by atoms with E-state index in [1.54, 1.807) is 19.1 Å². The van der Waals surface area contributed by atoms with Crippen molar-refractivity contribution in [2.45, 2.75) is 25.9 Å². The van der Waals surface area contributed by atoms with Crippen LogP contribution in [0.1, 0.15) is 12.5 Å². The molecule has 11 heteroatoms. The maximum absolute atomic E-state index is 12.8. The zero-order chi connectivity index (χ0) is 20.1. The molecule has 0 heterocycles. The van der Waals surface area contributed by atoms with Gasteiger partial charge in [-0.05, 0) is 37.6 Å². The molecule has 0 aliphatic heterocycles. The van der Waals surface area contributed by atoms with E-state index < -0.39 is 36.1 Å². The highest BCUT2D eigenvalue weighted by atomic mass is 35.5. The summed E-state index contributed by atoms with van der Waals surface area (Å²) in [6.07, 6.45) is -5.97. The number of ether oxygens (including phenoxy) is 1. The summed E-state index contributed by atoms with van der Waals surface area (Å²) in [5, 5.41) is 0.504.